The molecule has 0 bridgehead atoms. The molecule has 0 N–H and O–H groups in total. The minimum Gasteiger partial charge on any atom is -0.465 e. The first-order valence-corrected chi connectivity index (χ1v) is 5.66. The number of rotatable bonds is 3. The number of hydrogen-bond donors (Lipinski definition) is 0. The molecule has 0 fully saturated rings. The fraction of sp³-hybridized carbons (Fsp3) is 0.273. The molecule has 90 valence electrons. The molecule has 0 saturated heterocycles. The van der Waals surface area contributed by atoms with Gasteiger partial charge in [0.15, 0.2) is 0 Å². The van der Waals surface area contributed by atoms with Crippen LogP contribution in [0.25, 0.3) is 0 Å². The van der Waals surface area contributed by atoms with E-state index in [4.69, 9.17) is 5.26 Å². The SMILES string of the molecule is COC(=O)c1c(C#N)cc(CBr)cc1C(F)F. The number of hydrogen-bond acceptors (Lipinski definition) is 3. The molecule has 1 rings (SSSR count). The summed E-state index contributed by atoms with van der Waals surface area (Å²) in [4.78, 5) is 11.4. The van der Waals surface area contributed by atoms with Crippen LogP contribution in [0.15, 0.2) is 12.1 Å². The molecule has 0 saturated carbocycles. The van der Waals surface area contributed by atoms with Gasteiger partial charge in [-0.1, -0.05) is 15.9 Å². The highest BCUT2D eigenvalue weighted by molar-refractivity contribution is 9.08. The Balaban J connectivity index is 3.53. The number of benzene rings is 1. The van der Waals surface area contributed by atoms with Crippen LogP contribution in [0.3, 0.4) is 0 Å². The number of nitrogens with zero attached hydrogens (tertiary/aromatic N) is 1. The van der Waals surface area contributed by atoms with Crippen molar-refractivity contribution >= 4 is 21.9 Å². The Labute approximate surface area is 105 Å². The molecular formula is C11H8BrF2NO2. The molecule has 0 radical (unpaired) electrons. The van der Waals surface area contributed by atoms with E-state index in [9.17, 15) is 13.6 Å². The zero-order valence-corrected chi connectivity index (χ0v) is 10.4. The molecule has 17 heavy (non-hydrogen) atoms. The zero-order valence-electron chi connectivity index (χ0n) is 8.84. The number of carbonyl (C=O) groups excluding carboxylic acids is 1. The molecule has 0 spiro atoms. The van der Waals surface area contributed by atoms with E-state index in [1.807, 2.05) is 0 Å². The lowest BCUT2D eigenvalue weighted by Crippen LogP contribution is -2.10. The van der Waals surface area contributed by atoms with Crippen molar-refractivity contribution in [3.8, 4) is 6.07 Å². The summed E-state index contributed by atoms with van der Waals surface area (Å²) in [5.74, 6) is -0.932. The quantitative estimate of drug-likeness (QED) is 0.636. The van der Waals surface area contributed by atoms with Crippen molar-refractivity contribution < 1.29 is 18.3 Å². The topological polar surface area (TPSA) is 50.1 Å². The van der Waals surface area contributed by atoms with Crippen molar-refractivity contribution in [2.45, 2.75) is 11.8 Å². The van der Waals surface area contributed by atoms with Crippen molar-refractivity contribution in [2.75, 3.05) is 7.11 Å². The number of methoxy groups -OCH3 is 1. The molecule has 6 heteroatoms. The van der Waals surface area contributed by atoms with Crippen LogP contribution in [0.2, 0.25) is 0 Å². The van der Waals surface area contributed by atoms with E-state index in [0.29, 0.717) is 10.9 Å². The van der Waals surface area contributed by atoms with Crippen LogP contribution in [0.5, 0.6) is 0 Å². The van der Waals surface area contributed by atoms with Crippen molar-refractivity contribution in [2.24, 2.45) is 0 Å². The predicted molar refractivity (Wildman–Crippen MR) is 60.1 cm³/mol. The normalized spacial score (nSPS) is 10.1. The monoisotopic (exact) mass is 303 g/mol. The molecular weight excluding hydrogens is 296 g/mol. The van der Waals surface area contributed by atoms with Crippen molar-refractivity contribution in [3.63, 3.8) is 0 Å². The molecule has 0 atom stereocenters. The van der Waals surface area contributed by atoms with Crippen LogP contribution < -0.4 is 0 Å². The van der Waals surface area contributed by atoms with Crippen LogP contribution in [0, 0.1) is 11.3 Å². The number of alkyl halides is 3. The molecule has 1 aromatic rings. The molecule has 0 aromatic heterocycles. The van der Waals surface area contributed by atoms with Crippen LogP contribution in [-0.4, -0.2) is 13.1 Å². The predicted octanol–water partition coefficient (Wildman–Crippen LogP) is 3.18. The summed E-state index contributed by atoms with van der Waals surface area (Å²) in [6.07, 6.45) is -2.84. The van der Waals surface area contributed by atoms with Gasteiger partial charge in [0, 0.05) is 10.9 Å². The number of carbonyl (C=O) groups is 1. The van der Waals surface area contributed by atoms with Gasteiger partial charge in [-0.3, -0.25) is 0 Å². The van der Waals surface area contributed by atoms with Crippen LogP contribution in [0.4, 0.5) is 8.78 Å². The number of halogens is 3. The number of ether oxygens (including phenoxy) is 1. The molecule has 1 aromatic carbocycles. The van der Waals surface area contributed by atoms with Crippen molar-refractivity contribution in [3.05, 3.63) is 34.4 Å². The average molecular weight is 304 g/mol. The Hall–Kier alpha value is -1.48. The first-order valence-electron chi connectivity index (χ1n) is 4.54. The summed E-state index contributed by atoms with van der Waals surface area (Å²) in [6.45, 7) is 0. The van der Waals surface area contributed by atoms with Crippen LogP contribution >= 0.6 is 15.9 Å². The van der Waals surface area contributed by atoms with Gasteiger partial charge >= 0.3 is 5.97 Å². The standard InChI is InChI=1S/C11H8BrF2NO2/c1-17-11(16)9-7(5-15)2-6(4-12)3-8(9)10(13)14/h2-3,10H,4H2,1H3. The minimum atomic E-state index is -2.84. The molecule has 3 nitrogen and oxygen atoms in total. The molecule has 0 aliphatic rings. The van der Waals surface area contributed by atoms with Crippen LogP contribution in [-0.2, 0) is 10.1 Å². The molecule has 0 amide bonds. The zero-order chi connectivity index (χ0) is 13.0. The summed E-state index contributed by atoms with van der Waals surface area (Å²) in [6, 6.07) is 4.29. The third-order valence-electron chi connectivity index (χ3n) is 2.13. The van der Waals surface area contributed by atoms with Gasteiger partial charge < -0.3 is 4.74 Å². The summed E-state index contributed by atoms with van der Waals surface area (Å²) in [5.41, 5.74) is -0.450. The second-order valence-corrected chi connectivity index (χ2v) is 3.71. The van der Waals surface area contributed by atoms with E-state index in [1.54, 1.807) is 6.07 Å². The van der Waals surface area contributed by atoms with E-state index in [0.717, 1.165) is 7.11 Å². The van der Waals surface area contributed by atoms with Gasteiger partial charge in [0.1, 0.15) is 6.07 Å². The molecule has 0 unspecified atom stereocenters. The highest BCUT2D eigenvalue weighted by atomic mass is 79.9. The molecule has 0 aliphatic carbocycles. The Morgan fingerprint density at radius 2 is 2.24 bits per heavy atom. The maximum absolute atomic E-state index is 12.8. The average Bonchev–Trinajstić information content (AvgIpc) is 2.35. The Bertz CT molecular complexity index is 483. The highest BCUT2D eigenvalue weighted by Crippen LogP contribution is 2.28. The van der Waals surface area contributed by atoms with E-state index >= 15 is 0 Å². The van der Waals surface area contributed by atoms with Crippen molar-refractivity contribution in [1.82, 2.24) is 0 Å². The van der Waals surface area contributed by atoms with Gasteiger partial charge in [0.2, 0.25) is 0 Å². The van der Waals surface area contributed by atoms with Gasteiger partial charge in [-0.15, -0.1) is 0 Å². The van der Waals surface area contributed by atoms with Gasteiger partial charge in [0.05, 0.1) is 18.2 Å². The largest absolute Gasteiger partial charge is 0.465 e. The van der Waals surface area contributed by atoms with Gasteiger partial charge in [0.25, 0.3) is 6.43 Å². The van der Waals surface area contributed by atoms with E-state index in [2.05, 4.69) is 20.7 Å². The smallest absolute Gasteiger partial charge is 0.339 e. The van der Waals surface area contributed by atoms with Crippen LogP contribution in [0.1, 0.15) is 33.5 Å². The van der Waals surface area contributed by atoms with E-state index in [-0.39, 0.29) is 11.1 Å². The maximum Gasteiger partial charge on any atom is 0.339 e. The van der Waals surface area contributed by atoms with Crippen molar-refractivity contribution in [1.29, 1.82) is 5.26 Å². The fourth-order valence-electron chi connectivity index (χ4n) is 1.39. The highest BCUT2D eigenvalue weighted by Gasteiger charge is 2.23. The second-order valence-electron chi connectivity index (χ2n) is 3.15. The number of esters is 1. The Morgan fingerprint density at radius 3 is 2.65 bits per heavy atom. The molecule has 0 aliphatic heterocycles. The Kier molecular flexibility index (Phi) is 4.58. The minimum absolute atomic E-state index is 0.107. The van der Waals surface area contributed by atoms with E-state index < -0.39 is 18.0 Å². The maximum atomic E-state index is 12.8. The fourth-order valence-corrected chi connectivity index (χ4v) is 1.72. The first kappa shape index (κ1) is 13.6. The van der Waals surface area contributed by atoms with Gasteiger partial charge in [-0.2, -0.15) is 5.26 Å². The second kappa shape index (κ2) is 5.73. The number of nitriles is 1. The summed E-state index contributed by atoms with van der Waals surface area (Å²) >= 11 is 3.11. The third kappa shape index (κ3) is 2.80. The molecule has 0 heterocycles. The Morgan fingerprint density at radius 1 is 1.59 bits per heavy atom. The summed E-state index contributed by atoms with van der Waals surface area (Å²) in [7, 11) is 1.08. The van der Waals surface area contributed by atoms with E-state index in [1.165, 1.54) is 12.1 Å². The lowest BCUT2D eigenvalue weighted by atomic mass is 9.99. The third-order valence-corrected chi connectivity index (χ3v) is 2.78. The van der Waals surface area contributed by atoms with Gasteiger partial charge in [-0.05, 0) is 17.7 Å². The first-order chi connectivity index (χ1) is 8.04. The van der Waals surface area contributed by atoms with Gasteiger partial charge in [-0.25, -0.2) is 13.6 Å². The summed E-state index contributed by atoms with van der Waals surface area (Å²) < 4.78 is 30.1. The lowest BCUT2D eigenvalue weighted by molar-refractivity contribution is 0.0589. The summed E-state index contributed by atoms with van der Waals surface area (Å²) in [5, 5.41) is 9.19. The lowest BCUT2D eigenvalue weighted by Gasteiger charge is -2.10.